The third kappa shape index (κ3) is 1.06. The van der Waals surface area contributed by atoms with E-state index in [1.165, 1.54) is 0 Å². The summed E-state index contributed by atoms with van der Waals surface area (Å²) in [6.45, 7) is 0. The summed E-state index contributed by atoms with van der Waals surface area (Å²) in [5.41, 5.74) is 1.91. The second-order valence-electron chi connectivity index (χ2n) is 2.63. The van der Waals surface area contributed by atoms with E-state index in [-0.39, 0.29) is 0 Å². The number of hydrogen-bond acceptors (Lipinski definition) is 2. The molecule has 0 saturated heterocycles. The summed E-state index contributed by atoms with van der Waals surface area (Å²) in [6.07, 6.45) is 2.11. The van der Waals surface area contributed by atoms with Gasteiger partial charge in [-0.05, 0) is 23.8 Å². The second kappa shape index (κ2) is 2.71. The zero-order valence-corrected chi connectivity index (χ0v) is 6.45. The van der Waals surface area contributed by atoms with E-state index in [0.717, 1.165) is 16.5 Å². The number of benzene rings is 1. The van der Waals surface area contributed by atoms with Crippen molar-refractivity contribution >= 4 is 11.0 Å². The van der Waals surface area contributed by atoms with E-state index in [4.69, 9.17) is 9.68 Å². The first-order chi connectivity index (χ1) is 5.90. The van der Waals surface area contributed by atoms with Crippen LogP contribution >= 0.6 is 0 Å². The van der Waals surface area contributed by atoms with Crippen LogP contribution in [0.15, 0.2) is 34.9 Å². The molecule has 2 nitrogen and oxygen atoms in total. The molecule has 58 valence electrons. The van der Waals surface area contributed by atoms with Crippen molar-refractivity contribution in [3.05, 3.63) is 36.1 Å². The predicted molar refractivity (Wildman–Crippen MR) is 45.5 cm³/mol. The molecule has 0 amide bonds. The van der Waals surface area contributed by atoms with Gasteiger partial charge in [0.2, 0.25) is 0 Å². The Morgan fingerprint density at radius 2 is 2.25 bits per heavy atom. The van der Waals surface area contributed by atoms with Gasteiger partial charge < -0.3 is 4.42 Å². The van der Waals surface area contributed by atoms with Gasteiger partial charge in [0.1, 0.15) is 5.58 Å². The predicted octanol–water partition coefficient (Wildman–Crippen LogP) is 2.50. The van der Waals surface area contributed by atoms with Crippen LogP contribution in [0, 0.1) is 11.3 Å². The molecule has 0 N–H and O–H groups in total. The largest absolute Gasteiger partial charge is 0.464 e. The molecule has 0 bridgehead atoms. The van der Waals surface area contributed by atoms with Crippen LogP contribution in [-0.2, 0) is 6.42 Å². The second-order valence-corrected chi connectivity index (χ2v) is 2.63. The highest BCUT2D eigenvalue weighted by atomic mass is 16.3. The van der Waals surface area contributed by atoms with E-state index >= 15 is 0 Å². The van der Waals surface area contributed by atoms with Gasteiger partial charge in [-0.3, -0.25) is 0 Å². The molecule has 2 aromatic rings. The lowest BCUT2D eigenvalue weighted by Gasteiger charge is -1.92. The van der Waals surface area contributed by atoms with E-state index in [1.807, 2.05) is 24.3 Å². The number of hydrogen-bond donors (Lipinski definition) is 0. The van der Waals surface area contributed by atoms with Gasteiger partial charge >= 0.3 is 0 Å². The molecule has 2 heteroatoms. The van der Waals surface area contributed by atoms with Crippen molar-refractivity contribution < 1.29 is 4.42 Å². The minimum Gasteiger partial charge on any atom is -0.464 e. The Labute approximate surface area is 70.0 Å². The van der Waals surface area contributed by atoms with Crippen LogP contribution in [0.2, 0.25) is 0 Å². The van der Waals surface area contributed by atoms with Crippen molar-refractivity contribution in [2.45, 2.75) is 6.42 Å². The summed E-state index contributed by atoms with van der Waals surface area (Å²) in [5, 5.41) is 9.53. The van der Waals surface area contributed by atoms with Crippen molar-refractivity contribution in [3.63, 3.8) is 0 Å². The Morgan fingerprint density at radius 3 is 3.08 bits per heavy atom. The summed E-state index contributed by atoms with van der Waals surface area (Å²) in [5.74, 6) is 0. The van der Waals surface area contributed by atoms with Crippen molar-refractivity contribution in [3.8, 4) is 6.07 Å². The van der Waals surface area contributed by atoms with Crippen LogP contribution in [0.4, 0.5) is 0 Å². The fourth-order valence-electron chi connectivity index (χ4n) is 1.22. The third-order valence-corrected chi connectivity index (χ3v) is 1.80. The molecule has 0 spiro atoms. The molecular formula is C10H7NO. The average molecular weight is 157 g/mol. The average Bonchev–Trinajstić information content (AvgIpc) is 2.51. The van der Waals surface area contributed by atoms with Gasteiger partial charge in [-0.2, -0.15) is 5.26 Å². The molecule has 2 rings (SSSR count). The van der Waals surface area contributed by atoms with E-state index in [9.17, 15) is 0 Å². The van der Waals surface area contributed by atoms with Gasteiger partial charge in [-0.25, -0.2) is 0 Å². The molecule has 1 aromatic carbocycles. The van der Waals surface area contributed by atoms with Crippen LogP contribution in [0.1, 0.15) is 5.56 Å². The topological polar surface area (TPSA) is 36.9 Å². The standard InChI is InChI=1S/C10H7NO/c11-5-3-8-1-2-10-9(7-8)4-6-12-10/h1-2,4,6-7H,3H2. The Morgan fingerprint density at radius 1 is 1.33 bits per heavy atom. The van der Waals surface area contributed by atoms with Crippen LogP contribution in [0.5, 0.6) is 0 Å². The van der Waals surface area contributed by atoms with Crippen molar-refractivity contribution in [2.75, 3.05) is 0 Å². The summed E-state index contributed by atoms with van der Waals surface area (Å²) < 4.78 is 5.17. The Bertz CT molecular complexity index is 436. The first-order valence-electron chi connectivity index (χ1n) is 3.73. The summed E-state index contributed by atoms with van der Waals surface area (Å²) in [4.78, 5) is 0. The molecular weight excluding hydrogens is 150 g/mol. The van der Waals surface area contributed by atoms with Gasteiger partial charge in [-0.1, -0.05) is 6.07 Å². The van der Waals surface area contributed by atoms with Gasteiger partial charge in [0.25, 0.3) is 0 Å². The van der Waals surface area contributed by atoms with Crippen molar-refractivity contribution in [2.24, 2.45) is 0 Å². The van der Waals surface area contributed by atoms with Crippen molar-refractivity contribution in [1.29, 1.82) is 5.26 Å². The number of fused-ring (bicyclic) bond motifs is 1. The van der Waals surface area contributed by atoms with Crippen LogP contribution < -0.4 is 0 Å². The molecule has 0 aliphatic heterocycles. The number of rotatable bonds is 1. The first-order valence-corrected chi connectivity index (χ1v) is 3.73. The van der Waals surface area contributed by atoms with E-state index in [1.54, 1.807) is 6.26 Å². The lowest BCUT2D eigenvalue weighted by atomic mass is 10.1. The van der Waals surface area contributed by atoms with Crippen LogP contribution in [-0.4, -0.2) is 0 Å². The maximum atomic E-state index is 8.47. The maximum Gasteiger partial charge on any atom is 0.133 e. The molecule has 1 heterocycles. The Balaban J connectivity index is 2.54. The van der Waals surface area contributed by atoms with Gasteiger partial charge in [0, 0.05) is 5.39 Å². The molecule has 0 fully saturated rings. The SMILES string of the molecule is N#CCc1ccc2occc2c1. The zero-order chi connectivity index (χ0) is 8.39. The highest BCUT2D eigenvalue weighted by Gasteiger charge is 1.97. The normalized spacial score (nSPS) is 9.92. The van der Waals surface area contributed by atoms with E-state index < -0.39 is 0 Å². The fourth-order valence-corrected chi connectivity index (χ4v) is 1.22. The number of nitriles is 1. The van der Waals surface area contributed by atoms with Gasteiger partial charge in [-0.15, -0.1) is 0 Å². The lowest BCUT2D eigenvalue weighted by molar-refractivity contribution is 0.616. The molecule has 12 heavy (non-hydrogen) atoms. The quantitative estimate of drug-likeness (QED) is 0.637. The summed E-state index contributed by atoms with van der Waals surface area (Å²) in [6, 6.07) is 9.79. The molecule has 0 saturated carbocycles. The first kappa shape index (κ1) is 6.93. The van der Waals surface area contributed by atoms with Crippen LogP contribution in [0.25, 0.3) is 11.0 Å². The molecule has 0 unspecified atom stereocenters. The minimum absolute atomic E-state index is 0.459. The summed E-state index contributed by atoms with van der Waals surface area (Å²) in [7, 11) is 0. The van der Waals surface area contributed by atoms with Crippen LogP contribution in [0.3, 0.4) is 0 Å². The smallest absolute Gasteiger partial charge is 0.133 e. The summed E-state index contributed by atoms with van der Waals surface area (Å²) >= 11 is 0. The van der Waals surface area contributed by atoms with E-state index in [0.29, 0.717) is 6.42 Å². The van der Waals surface area contributed by atoms with E-state index in [2.05, 4.69) is 6.07 Å². The Kier molecular flexibility index (Phi) is 1.56. The molecule has 0 atom stereocenters. The minimum atomic E-state index is 0.459. The maximum absolute atomic E-state index is 8.47. The third-order valence-electron chi connectivity index (χ3n) is 1.80. The van der Waals surface area contributed by atoms with Gasteiger partial charge in [0.15, 0.2) is 0 Å². The number of nitrogens with zero attached hydrogens (tertiary/aromatic N) is 1. The monoisotopic (exact) mass is 157 g/mol. The Hall–Kier alpha value is -1.75. The highest BCUT2D eigenvalue weighted by Crippen LogP contribution is 2.16. The lowest BCUT2D eigenvalue weighted by Crippen LogP contribution is -1.78. The molecule has 0 radical (unpaired) electrons. The fraction of sp³-hybridized carbons (Fsp3) is 0.100. The molecule has 0 aliphatic rings. The number of furan rings is 1. The van der Waals surface area contributed by atoms with Crippen molar-refractivity contribution in [1.82, 2.24) is 0 Å². The highest BCUT2D eigenvalue weighted by molar-refractivity contribution is 5.77. The van der Waals surface area contributed by atoms with Gasteiger partial charge in [0.05, 0.1) is 18.8 Å². The zero-order valence-electron chi connectivity index (χ0n) is 6.45. The molecule has 1 aromatic heterocycles. The molecule has 0 aliphatic carbocycles.